The Kier molecular flexibility index (Phi) is 3.81. The first-order valence-electron chi connectivity index (χ1n) is 5.71. The average Bonchev–Trinajstić information content (AvgIpc) is 2.93. The molecule has 0 aliphatic heterocycles. The van der Waals surface area contributed by atoms with Crippen LogP contribution in [0.2, 0.25) is 0 Å². The zero-order chi connectivity index (χ0) is 15.4. The van der Waals surface area contributed by atoms with E-state index in [1.54, 1.807) is 12.1 Å². The second-order valence-electron chi connectivity index (χ2n) is 3.98. The molecule has 1 heterocycles. The van der Waals surface area contributed by atoms with Crippen molar-refractivity contribution in [1.82, 2.24) is 0 Å². The molecule has 104 valence electrons. The third-order valence-corrected chi connectivity index (χ3v) is 2.63. The maximum absolute atomic E-state index is 10.7. The second kappa shape index (κ2) is 5.71. The highest BCUT2D eigenvalue weighted by Gasteiger charge is 2.10. The summed E-state index contributed by atoms with van der Waals surface area (Å²) >= 11 is 0. The van der Waals surface area contributed by atoms with Crippen molar-refractivity contribution in [2.75, 3.05) is 0 Å². The van der Waals surface area contributed by atoms with Crippen molar-refractivity contribution in [3.05, 3.63) is 57.8 Å². The Morgan fingerprint density at radius 1 is 1.29 bits per heavy atom. The monoisotopic (exact) mass is 284 g/mol. The van der Waals surface area contributed by atoms with Gasteiger partial charge in [0, 0.05) is 23.8 Å². The minimum Gasteiger partial charge on any atom is -0.477 e. The summed E-state index contributed by atoms with van der Waals surface area (Å²) in [7, 11) is 0. The van der Waals surface area contributed by atoms with E-state index in [-0.39, 0.29) is 11.4 Å². The van der Waals surface area contributed by atoms with Gasteiger partial charge in [0.25, 0.3) is 5.69 Å². The number of hydrogen-bond acceptors (Lipinski definition) is 5. The molecule has 2 rings (SSSR count). The minimum atomic E-state index is -1.34. The Labute approximate surface area is 118 Å². The van der Waals surface area contributed by atoms with Gasteiger partial charge in [-0.3, -0.25) is 10.1 Å². The fraction of sp³-hybridized carbons (Fsp3) is 0. The highest BCUT2D eigenvalue weighted by atomic mass is 16.6. The molecule has 0 saturated heterocycles. The molecule has 0 amide bonds. The van der Waals surface area contributed by atoms with Crippen molar-refractivity contribution < 1.29 is 19.2 Å². The molecular formula is C14H8N2O5. The molecule has 0 aliphatic carbocycles. The molecule has 0 aliphatic rings. The van der Waals surface area contributed by atoms with E-state index >= 15 is 0 Å². The maximum Gasteiger partial charge on any atom is 0.346 e. The third-order valence-electron chi connectivity index (χ3n) is 2.63. The predicted octanol–water partition coefficient (Wildman–Crippen LogP) is 2.85. The largest absolute Gasteiger partial charge is 0.477 e. The Morgan fingerprint density at radius 2 is 1.95 bits per heavy atom. The summed E-state index contributed by atoms with van der Waals surface area (Å²) in [6.45, 7) is 0. The van der Waals surface area contributed by atoms with Gasteiger partial charge in [-0.2, -0.15) is 5.26 Å². The van der Waals surface area contributed by atoms with E-state index < -0.39 is 16.5 Å². The lowest BCUT2D eigenvalue weighted by molar-refractivity contribution is -0.384. The van der Waals surface area contributed by atoms with Gasteiger partial charge in [-0.1, -0.05) is 0 Å². The summed E-state index contributed by atoms with van der Waals surface area (Å²) < 4.78 is 5.39. The van der Waals surface area contributed by atoms with Gasteiger partial charge >= 0.3 is 5.97 Å². The molecule has 0 unspecified atom stereocenters. The van der Waals surface area contributed by atoms with E-state index in [0.29, 0.717) is 11.3 Å². The summed E-state index contributed by atoms with van der Waals surface area (Å²) in [6.07, 6.45) is 1.11. The number of carboxylic acid groups (broad SMARTS) is 1. The quantitative estimate of drug-likeness (QED) is 0.399. The highest BCUT2D eigenvalue weighted by Crippen LogP contribution is 2.25. The van der Waals surface area contributed by atoms with Crippen molar-refractivity contribution >= 4 is 17.7 Å². The van der Waals surface area contributed by atoms with Gasteiger partial charge in [0.15, 0.2) is 0 Å². The number of aliphatic carboxylic acids is 1. The SMILES string of the molecule is N#C/C(=C\c1ccc(-c2ccc([N+](=O)[O-])cc2)o1)C(=O)O. The molecule has 0 atom stereocenters. The molecule has 21 heavy (non-hydrogen) atoms. The zero-order valence-electron chi connectivity index (χ0n) is 10.5. The molecule has 0 fully saturated rings. The molecule has 7 heteroatoms. The number of carboxylic acids is 1. The lowest BCUT2D eigenvalue weighted by Crippen LogP contribution is -1.96. The van der Waals surface area contributed by atoms with Gasteiger partial charge in [0.1, 0.15) is 23.2 Å². The summed E-state index contributed by atoms with van der Waals surface area (Å²) in [5, 5.41) is 28.0. The minimum absolute atomic E-state index is 0.0388. The van der Waals surface area contributed by atoms with Crippen molar-refractivity contribution in [3.63, 3.8) is 0 Å². The molecule has 0 spiro atoms. The van der Waals surface area contributed by atoms with Crippen LogP contribution in [-0.2, 0) is 4.79 Å². The Balaban J connectivity index is 2.30. The molecule has 0 bridgehead atoms. The highest BCUT2D eigenvalue weighted by molar-refractivity contribution is 5.96. The Bertz CT molecular complexity index is 765. The zero-order valence-corrected chi connectivity index (χ0v) is 10.5. The van der Waals surface area contributed by atoms with Gasteiger partial charge in [0.2, 0.25) is 0 Å². The van der Waals surface area contributed by atoms with Crippen molar-refractivity contribution in [2.24, 2.45) is 0 Å². The smallest absolute Gasteiger partial charge is 0.346 e. The summed E-state index contributed by atoms with van der Waals surface area (Å²) in [5.74, 6) is -0.716. The third kappa shape index (κ3) is 3.13. The second-order valence-corrected chi connectivity index (χ2v) is 3.98. The van der Waals surface area contributed by atoms with E-state index in [9.17, 15) is 14.9 Å². The number of hydrogen-bond donors (Lipinski definition) is 1. The van der Waals surface area contributed by atoms with Crippen molar-refractivity contribution in [3.8, 4) is 17.4 Å². The van der Waals surface area contributed by atoms with E-state index in [2.05, 4.69) is 0 Å². The molecule has 2 aromatic rings. The number of rotatable bonds is 4. The van der Waals surface area contributed by atoms with Crippen molar-refractivity contribution in [2.45, 2.75) is 0 Å². The molecule has 0 saturated carbocycles. The number of nitro groups is 1. The van der Waals surface area contributed by atoms with Gasteiger partial charge < -0.3 is 9.52 Å². The average molecular weight is 284 g/mol. The first-order chi connectivity index (χ1) is 10.0. The van der Waals surface area contributed by atoms with Gasteiger partial charge in [-0.15, -0.1) is 0 Å². The topological polar surface area (TPSA) is 117 Å². The van der Waals surface area contributed by atoms with Gasteiger partial charge in [0.05, 0.1) is 4.92 Å². The van der Waals surface area contributed by atoms with E-state index in [4.69, 9.17) is 14.8 Å². The fourth-order valence-corrected chi connectivity index (χ4v) is 1.62. The maximum atomic E-state index is 10.7. The van der Waals surface area contributed by atoms with Crippen LogP contribution < -0.4 is 0 Å². The number of nitro benzene ring substituents is 1. The van der Waals surface area contributed by atoms with E-state index in [1.165, 1.54) is 30.3 Å². The number of non-ortho nitro benzene ring substituents is 1. The van der Waals surface area contributed by atoms with Crippen LogP contribution >= 0.6 is 0 Å². The fourth-order valence-electron chi connectivity index (χ4n) is 1.62. The van der Waals surface area contributed by atoms with Crippen LogP contribution in [0.15, 0.2) is 46.4 Å². The van der Waals surface area contributed by atoms with Crippen LogP contribution in [0.1, 0.15) is 5.76 Å². The summed E-state index contributed by atoms with van der Waals surface area (Å²) in [5.41, 5.74) is 0.122. The Hall–Kier alpha value is -3.40. The van der Waals surface area contributed by atoms with Crippen LogP contribution in [0, 0.1) is 21.4 Å². The number of nitrogens with zero attached hydrogens (tertiary/aromatic N) is 2. The van der Waals surface area contributed by atoms with Crippen molar-refractivity contribution in [1.29, 1.82) is 5.26 Å². The van der Waals surface area contributed by atoms with Crippen LogP contribution in [0.3, 0.4) is 0 Å². The first kappa shape index (κ1) is 14.0. The van der Waals surface area contributed by atoms with Crippen LogP contribution in [0.5, 0.6) is 0 Å². The summed E-state index contributed by atoms with van der Waals surface area (Å²) in [6, 6.07) is 10.4. The van der Waals surface area contributed by atoms with E-state index in [0.717, 1.165) is 6.08 Å². The number of furan rings is 1. The van der Waals surface area contributed by atoms with Gasteiger partial charge in [-0.25, -0.2) is 4.79 Å². The lowest BCUT2D eigenvalue weighted by atomic mass is 10.1. The van der Waals surface area contributed by atoms with Gasteiger partial charge in [-0.05, 0) is 24.3 Å². The van der Waals surface area contributed by atoms with Crippen LogP contribution in [0.4, 0.5) is 5.69 Å². The molecule has 0 radical (unpaired) electrons. The Morgan fingerprint density at radius 3 is 2.48 bits per heavy atom. The van der Waals surface area contributed by atoms with Crippen LogP contribution in [0.25, 0.3) is 17.4 Å². The normalized spacial score (nSPS) is 10.9. The van der Waals surface area contributed by atoms with Crippen LogP contribution in [-0.4, -0.2) is 16.0 Å². The molecular weight excluding hydrogens is 276 g/mol. The summed E-state index contributed by atoms with van der Waals surface area (Å²) in [4.78, 5) is 20.8. The molecule has 1 N–H and O–H groups in total. The molecule has 7 nitrogen and oxygen atoms in total. The molecule has 1 aromatic heterocycles. The number of benzene rings is 1. The van der Waals surface area contributed by atoms with E-state index in [1.807, 2.05) is 0 Å². The predicted molar refractivity (Wildman–Crippen MR) is 72.0 cm³/mol. The number of carbonyl (C=O) groups is 1. The molecule has 1 aromatic carbocycles. The number of nitriles is 1. The standard InChI is InChI=1S/C14H8N2O5/c15-8-10(14(17)18)7-12-5-6-13(21-12)9-1-3-11(4-2-9)16(19)20/h1-7H,(H,17,18)/b10-7+. The first-order valence-corrected chi connectivity index (χ1v) is 5.71. The lowest BCUT2D eigenvalue weighted by Gasteiger charge is -1.96.